The van der Waals surface area contributed by atoms with Crippen LogP contribution in [0.25, 0.3) is 0 Å². The summed E-state index contributed by atoms with van der Waals surface area (Å²) in [6, 6.07) is 0.00356. The van der Waals surface area contributed by atoms with Crippen LogP contribution in [0.5, 0.6) is 0 Å². The number of nitrogens with zero attached hydrogens (tertiary/aromatic N) is 3. The molecule has 2 fully saturated rings. The molecule has 0 spiro atoms. The first-order valence-electron chi connectivity index (χ1n) is 7.36. The fourth-order valence-electron chi connectivity index (χ4n) is 3.30. The summed E-state index contributed by atoms with van der Waals surface area (Å²) in [5.74, 6) is -0.900. The molecule has 2 aliphatic heterocycles. The zero-order valence-electron chi connectivity index (χ0n) is 12.6. The number of hydrogen-bond donors (Lipinski definition) is 1. The maximum absolute atomic E-state index is 12.8. The van der Waals surface area contributed by atoms with Crippen molar-refractivity contribution >= 4 is 12.0 Å². The van der Waals surface area contributed by atoms with Gasteiger partial charge in [0.25, 0.3) is 0 Å². The van der Waals surface area contributed by atoms with Crippen molar-refractivity contribution in [3.63, 3.8) is 0 Å². The Hall–Kier alpha value is -1.30. The van der Waals surface area contributed by atoms with Crippen molar-refractivity contribution in [1.82, 2.24) is 14.7 Å². The molecule has 0 bridgehead atoms. The lowest BCUT2D eigenvalue weighted by atomic mass is 9.99. The van der Waals surface area contributed by atoms with E-state index in [0.717, 1.165) is 25.9 Å². The van der Waals surface area contributed by atoms with Gasteiger partial charge >= 0.3 is 12.0 Å². The molecule has 0 aromatic carbocycles. The Morgan fingerprint density at radius 3 is 2.55 bits per heavy atom. The van der Waals surface area contributed by atoms with Crippen LogP contribution in [-0.2, 0) is 4.79 Å². The number of urea groups is 1. The topological polar surface area (TPSA) is 64.1 Å². The zero-order valence-corrected chi connectivity index (χ0v) is 12.6. The van der Waals surface area contributed by atoms with Gasteiger partial charge in [-0.3, -0.25) is 0 Å². The molecule has 20 heavy (non-hydrogen) atoms. The molecule has 0 aliphatic carbocycles. The molecule has 2 heterocycles. The van der Waals surface area contributed by atoms with Crippen LogP contribution < -0.4 is 0 Å². The number of carboxylic acid groups (broad SMARTS) is 1. The quantitative estimate of drug-likeness (QED) is 0.782. The molecule has 2 atom stereocenters. The lowest BCUT2D eigenvalue weighted by molar-refractivity contribution is -0.147. The smallest absolute Gasteiger partial charge is 0.329 e. The predicted octanol–water partition coefficient (Wildman–Crippen LogP) is 1.07. The fourth-order valence-corrected chi connectivity index (χ4v) is 3.30. The Morgan fingerprint density at radius 2 is 1.90 bits per heavy atom. The van der Waals surface area contributed by atoms with Crippen LogP contribution in [0.1, 0.15) is 33.1 Å². The predicted molar refractivity (Wildman–Crippen MR) is 75.7 cm³/mol. The summed E-state index contributed by atoms with van der Waals surface area (Å²) in [4.78, 5) is 29.9. The zero-order chi connectivity index (χ0) is 14.9. The first-order valence-corrected chi connectivity index (χ1v) is 7.36. The van der Waals surface area contributed by atoms with Gasteiger partial charge in [0.2, 0.25) is 0 Å². The highest BCUT2D eigenvalue weighted by Crippen LogP contribution is 2.31. The van der Waals surface area contributed by atoms with Gasteiger partial charge in [-0.25, -0.2) is 9.59 Å². The minimum Gasteiger partial charge on any atom is -0.480 e. The minimum atomic E-state index is -1.05. The molecule has 2 saturated heterocycles. The van der Waals surface area contributed by atoms with E-state index in [0.29, 0.717) is 19.5 Å². The Balaban J connectivity index is 2.15. The summed E-state index contributed by atoms with van der Waals surface area (Å²) in [6.07, 6.45) is 2.23. The first-order chi connectivity index (χ1) is 9.36. The number of carbonyl (C=O) groups is 2. The van der Waals surface area contributed by atoms with E-state index in [-0.39, 0.29) is 12.1 Å². The number of likely N-dealkylation sites (N-methyl/N-ethyl adjacent to an activating group) is 1. The average Bonchev–Trinajstić information content (AvgIpc) is 2.68. The second-order valence-electron chi connectivity index (χ2n) is 6.27. The van der Waals surface area contributed by atoms with Crippen molar-refractivity contribution in [2.45, 2.75) is 44.7 Å². The van der Waals surface area contributed by atoms with Crippen molar-refractivity contribution in [3.8, 4) is 0 Å². The molecule has 6 heteroatoms. The number of likely N-dealkylation sites (tertiary alicyclic amines) is 1. The molecule has 0 aromatic heterocycles. The Labute approximate surface area is 120 Å². The van der Waals surface area contributed by atoms with Crippen LogP contribution in [0.15, 0.2) is 0 Å². The highest BCUT2D eigenvalue weighted by molar-refractivity contribution is 5.86. The highest BCUT2D eigenvalue weighted by atomic mass is 16.4. The van der Waals surface area contributed by atoms with Gasteiger partial charge in [0.05, 0.1) is 0 Å². The van der Waals surface area contributed by atoms with E-state index in [1.54, 1.807) is 11.8 Å². The summed E-state index contributed by atoms with van der Waals surface area (Å²) in [7, 11) is 2.06. The maximum Gasteiger partial charge on any atom is 0.329 e. The molecular formula is C14H25N3O3. The normalized spacial score (nSPS) is 32.2. The van der Waals surface area contributed by atoms with Crippen LogP contribution in [0.3, 0.4) is 0 Å². The summed E-state index contributed by atoms with van der Waals surface area (Å²) in [5, 5.41) is 9.43. The average molecular weight is 283 g/mol. The van der Waals surface area contributed by atoms with Gasteiger partial charge in [-0.1, -0.05) is 0 Å². The molecular weight excluding hydrogens is 258 g/mol. The Bertz CT molecular complexity index is 401. The molecule has 2 rings (SSSR count). The van der Waals surface area contributed by atoms with Gasteiger partial charge in [0.15, 0.2) is 0 Å². The SMILES string of the molecule is CC1CN(C)CCCN1C(=O)N1CCCC1(C)C(=O)O. The van der Waals surface area contributed by atoms with Gasteiger partial charge in [-0.15, -0.1) is 0 Å². The van der Waals surface area contributed by atoms with E-state index in [1.165, 1.54) is 0 Å². The standard InChI is InChI=1S/C14H25N3O3/c1-11-10-15(3)7-5-8-16(11)13(20)17-9-4-6-14(17,2)12(18)19/h11H,4-10H2,1-3H3,(H,18,19). The van der Waals surface area contributed by atoms with Crippen LogP contribution >= 0.6 is 0 Å². The van der Waals surface area contributed by atoms with Crippen LogP contribution in [0, 0.1) is 0 Å². The molecule has 0 radical (unpaired) electrons. The molecule has 2 aliphatic rings. The second-order valence-corrected chi connectivity index (χ2v) is 6.27. The molecule has 0 aromatic rings. The van der Waals surface area contributed by atoms with E-state index in [4.69, 9.17) is 0 Å². The third-order valence-corrected chi connectivity index (χ3v) is 4.63. The first kappa shape index (κ1) is 15.1. The number of carboxylic acids is 1. The summed E-state index contributed by atoms with van der Waals surface area (Å²) < 4.78 is 0. The van der Waals surface area contributed by atoms with Gasteiger partial charge < -0.3 is 19.8 Å². The second kappa shape index (κ2) is 5.60. The van der Waals surface area contributed by atoms with E-state index in [2.05, 4.69) is 11.9 Å². The third-order valence-electron chi connectivity index (χ3n) is 4.63. The van der Waals surface area contributed by atoms with Crippen molar-refractivity contribution in [1.29, 1.82) is 0 Å². The lowest BCUT2D eigenvalue weighted by Gasteiger charge is -2.37. The number of hydrogen-bond acceptors (Lipinski definition) is 3. The van der Waals surface area contributed by atoms with Crippen LogP contribution in [-0.4, -0.2) is 76.6 Å². The fraction of sp³-hybridized carbons (Fsp3) is 0.857. The van der Waals surface area contributed by atoms with E-state index in [9.17, 15) is 14.7 Å². The van der Waals surface area contributed by atoms with Crippen LogP contribution in [0.2, 0.25) is 0 Å². The molecule has 6 nitrogen and oxygen atoms in total. The summed E-state index contributed by atoms with van der Waals surface area (Å²) >= 11 is 0. The molecule has 2 amide bonds. The van der Waals surface area contributed by atoms with Crippen molar-refractivity contribution in [2.24, 2.45) is 0 Å². The Kier molecular flexibility index (Phi) is 4.22. The van der Waals surface area contributed by atoms with Gasteiger partial charge in [-0.05, 0) is 46.7 Å². The highest BCUT2D eigenvalue weighted by Gasteiger charge is 2.47. The summed E-state index contributed by atoms with van der Waals surface area (Å²) in [5.41, 5.74) is -1.05. The van der Waals surface area contributed by atoms with Crippen molar-refractivity contribution < 1.29 is 14.7 Å². The van der Waals surface area contributed by atoms with E-state index < -0.39 is 11.5 Å². The van der Waals surface area contributed by atoms with Crippen molar-refractivity contribution in [2.75, 3.05) is 33.2 Å². The van der Waals surface area contributed by atoms with E-state index in [1.807, 2.05) is 11.8 Å². The van der Waals surface area contributed by atoms with Gasteiger partial charge in [0.1, 0.15) is 5.54 Å². The van der Waals surface area contributed by atoms with E-state index >= 15 is 0 Å². The lowest BCUT2D eigenvalue weighted by Crippen LogP contribution is -2.57. The molecule has 1 N–H and O–H groups in total. The maximum atomic E-state index is 12.8. The minimum absolute atomic E-state index is 0.116. The Morgan fingerprint density at radius 1 is 1.20 bits per heavy atom. The molecule has 2 unspecified atom stereocenters. The van der Waals surface area contributed by atoms with Crippen LogP contribution in [0.4, 0.5) is 4.79 Å². The summed E-state index contributed by atoms with van der Waals surface area (Å²) in [6.45, 7) is 6.76. The molecule has 0 saturated carbocycles. The number of carbonyl (C=O) groups excluding carboxylic acids is 1. The number of amides is 2. The van der Waals surface area contributed by atoms with Crippen molar-refractivity contribution in [3.05, 3.63) is 0 Å². The third kappa shape index (κ3) is 2.61. The molecule has 114 valence electrons. The monoisotopic (exact) mass is 283 g/mol. The largest absolute Gasteiger partial charge is 0.480 e. The van der Waals surface area contributed by atoms with Gasteiger partial charge in [-0.2, -0.15) is 0 Å². The van der Waals surface area contributed by atoms with Gasteiger partial charge in [0, 0.05) is 25.7 Å². The number of aliphatic carboxylic acids is 1. The number of rotatable bonds is 1.